The fourth-order valence-electron chi connectivity index (χ4n) is 11.3. The number of nitrogens with one attached hydrogen (secondary N) is 1. The molecule has 6 nitrogen and oxygen atoms in total. The van der Waals surface area contributed by atoms with Crippen molar-refractivity contribution in [1.29, 1.82) is 0 Å². The van der Waals surface area contributed by atoms with Gasteiger partial charge in [-0.25, -0.2) is 0 Å². The maximum atomic E-state index is 12.5. The largest absolute Gasteiger partial charge is 0.466 e. The molecule has 476 valence electrons. The van der Waals surface area contributed by atoms with Crippen molar-refractivity contribution in [2.45, 2.75) is 405 Å². The van der Waals surface area contributed by atoms with E-state index in [1.807, 2.05) is 6.08 Å². The number of hydrogen-bond acceptors (Lipinski definition) is 5. The van der Waals surface area contributed by atoms with Gasteiger partial charge in [0.1, 0.15) is 0 Å². The lowest BCUT2D eigenvalue weighted by Crippen LogP contribution is -2.45. The highest BCUT2D eigenvalue weighted by molar-refractivity contribution is 5.76. The predicted molar refractivity (Wildman–Crippen MR) is 356 cm³/mol. The normalized spacial score (nSPS) is 12.8. The van der Waals surface area contributed by atoms with Gasteiger partial charge < -0.3 is 20.3 Å². The van der Waals surface area contributed by atoms with Crippen LogP contribution in [0, 0.1) is 0 Å². The number of carbonyl (C=O) groups is 2. The van der Waals surface area contributed by atoms with Crippen LogP contribution in [0.2, 0.25) is 0 Å². The number of ether oxygens (including phenoxy) is 1. The van der Waals surface area contributed by atoms with Crippen LogP contribution >= 0.6 is 0 Å². The molecule has 0 aromatic heterocycles. The number of rotatable bonds is 68. The Morgan fingerprint density at radius 3 is 0.951 bits per heavy atom. The zero-order valence-electron chi connectivity index (χ0n) is 54.5. The molecule has 0 rings (SSSR count). The van der Waals surface area contributed by atoms with Crippen LogP contribution in [-0.4, -0.2) is 47.4 Å². The third-order valence-electron chi connectivity index (χ3n) is 16.8. The first-order valence-electron chi connectivity index (χ1n) is 36.4. The first-order valence-corrected chi connectivity index (χ1v) is 36.4. The fraction of sp³-hybridized carbons (Fsp3) is 0.867. The first-order chi connectivity index (χ1) is 40.0. The van der Waals surface area contributed by atoms with Crippen molar-refractivity contribution < 1.29 is 24.5 Å². The van der Waals surface area contributed by atoms with E-state index in [0.29, 0.717) is 19.4 Å². The Kier molecular flexibility index (Phi) is 68.4. The van der Waals surface area contributed by atoms with Gasteiger partial charge in [-0.2, -0.15) is 0 Å². The first kappa shape index (κ1) is 78.8. The van der Waals surface area contributed by atoms with Crippen molar-refractivity contribution in [3.05, 3.63) is 48.6 Å². The highest BCUT2D eigenvalue weighted by atomic mass is 16.5. The summed E-state index contributed by atoms with van der Waals surface area (Å²) in [4.78, 5) is 24.6. The van der Waals surface area contributed by atoms with Crippen molar-refractivity contribution in [1.82, 2.24) is 5.32 Å². The lowest BCUT2D eigenvalue weighted by atomic mass is 10.0. The molecule has 3 N–H and O–H groups in total. The highest BCUT2D eigenvalue weighted by Gasteiger charge is 2.18. The van der Waals surface area contributed by atoms with Crippen LogP contribution < -0.4 is 5.32 Å². The third-order valence-corrected chi connectivity index (χ3v) is 16.8. The second kappa shape index (κ2) is 70.3. The van der Waals surface area contributed by atoms with Crippen LogP contribution in [0.3, 0.4) is 0 Å². The summed E-state index contributed by atoms with van der Waals surface area (Å²) in [6.07, 6.45) is 92.1. The summed E-state index contributed by atoms with van der Waals surface area (Å²) < 4.78 is 5.51. The number of carbonyl (C=O) groups excluding carboxylic acids is 2. The Hall–Kier alpha value is -2.18. The minimum atomic E-state index is -0.842. The van der Waals surface area contributed by atoms with Crippen LogP contribution in [0.1, 0.15) is 393 Å². The zero-order chi connectivity index (χ0) is 58.5. The third kappa shape index (κ3) is 66.8. The van der Waals surface area contributed by atoms with E-state index in [1.165, 1.54) is 315 Å². The van der Waals surface area contributed by atoms with E-state index in [9.17, 15) is 19.8 Å². The second-order valence-corrected chi connectivity index (χ2v) is 24.9. The van der Waals surface area contributed by atoms with Gasteiger partial charge in [0, 0.05) is 12.8 Å². The zero-order valence-corrected chi connectivity index (χ0v) is 54.5. The number of allylic oxidation sites excluding steroid dienone is 7. The molecule has 2 unspecified atom stereocenters. The van der Waals surface area contributed by atoms with Crippen molar-refractivity contribution in [3.8, 4) is 0 Å². The van der Waals surface area contributed by atoms with Crippen molar-refractivity contribution in [3.63, 3.8) is 0 Å². The van der Waals surface area contributed by atoms with E-state index >= 15 is 0 Å². The molecule has 0 heterocycles. The van der Waals surface area contributed by atoms with Crippen molar-refractivity contribution in [2.24, 2.45) is 0 Å². The lowest BCUT2D eigenvalue weighted by molar-refractivity contribution is -0.143. The Bertz CT molecular complexity index is 1360. The molecular formula is C75H141NO5. The Labute approximate surface area is 506 Å². The van der Waals surface area contributed by atoms with E-state index in [0.717, 1.165) is 51.4 Å². The molecule has 0 saturated carbocycles. The SMILES string of the molecule is CCCCCCCC/C=C\CCCCCCCCCCCC(=O)OCCCCCCCCCCC/C=C\C/C=C\CCCCCCCCCCCCCCCCCCCC(=O)NC(CO)C(O)/C=C/CCCCCCCCCCCC. The smallest absolute Gasteiger partial charge is 0.305 e. The minimum absolute atomic E-state index is 0.0137. The molecule has 81 heavy (non-hydrogen) atoms. The lowest BCUT2D eigenvalue weighted by Gasteiger charge is -2.20. The number of esters is 1. The molecule has 2 atom stereocenters. The standard InChI is InChI=1S/C75H141NO5/c1-3-5-7-9-11-13-15-17-18-19-35-39-42-45-49-53-57-61-65-69-75(80)81-70-66-62-58-54-50-46-43-40-37-34-32-30-28-26-24-22-20-21-23-25-27-29-31-33-36-38-41-44-48-52-56-60-64-68-74(79)76-72(71-77)73(78)67-63-59-55-51-47-16-14-12-10-8-6-4-2/h17-18,24,26,30,32,63,67,72-73,77-78H,3-16,19-23,25,27-29,31,33-62,64-66,68-71H2,1-2H3,(H,76,79)/b18-17-,26-24-,32-30-,67-63+. The molecule has 6 heteroatoms. The summed E-state index contributed by atoms with van der Waals surface area (Å²) >= 11 is 0. The number of hydrogen-bond donors (Lipinski definition) is 3. The number of aliphatic hydroxyl groups is 2. The number of amides is 1. The van der Waals surface area contributed by atoms with Gasteiger partial charge in [-0.15, -0.1) is 0 Å². The summed E-state index contributed by atoms with van der Waals surface area (Å²) in [7, 11) is 0. The summed E-state index contributed by atoms with van der Waals surface area (Å²) in [5, 5.41) is 23.1. The van der Waals surface area contributed by atoms with Gasteiger partial charge >= 0.3 is 5.97 Å². The molecule has 0 aromatic carbocycles. The molecule has 0 aliphatic rings. The van der Waals surface area contributed by atoms with Crippen LogP contribution in [0.25, 0.3) is 0 Å². The van der Waals surface area contributed by atoms with Gasteiger partial charge in [0.25, 0.3) is 0 Å². The molecule has 0 fully saturated rings. The molecular weight excluding hydrogens is 995 g/mol. The number of aliphatic hydroxyl groups excluding tert-OH is 2. The van der Waals surface area contributed by atoms with Gasteiger partial charge in [-0.1, -0.05) is 339 Å². The van der Waals surface area contributed by atoms with E-state index in [1.54, 1.807) is 6.08 Å². The van der Waals surface area contributed by atoms with Crippen LogP contribution in [0.15, 0.2) is 48.6 Å². The molecule has 0 aliphatic heterocycles. The maximum absolute atomic E-state index is 12.5. The summed E-state index contributed by atoms with van der Waals surface area (Å²) in [5.74, 6) is -0.0520. The van der Waals surface area contributed by atoms with Gasteiger partial charge in [-0.3, -0.25) is 9.59 Å². The van der Waals surface area contributed by atoms with Crippen LogP contribution in [0.5, 0.6) is 0 Å². The Morgan fingerprint density at radius 1 is 0.346 bits per heavy atom. The Balaban J connectivity index is 3.37. The summed E-state index contributed by atoms with van der Waals surface area (Å²) in [6.45, 7) is 4.91. The van der Waals surface area contributed by atoms with Gasteiger partial charge in [0.15, 0.2) is 0 Å². The highest BCUT2D eigenvalue weighted by Crippen LogP contribution is 2.18. The topological polar surface area (TPSA) is 95.9 Å². The van der Waals surface area contributed by atoms with E-state index < -0.39 is 12.1 Å². The van der Waals surface area contributed by atoms with Gasteiger partial charge in [0.05, 0.1) is 25.4 Å². The average molecular weight is 1140 g/mol. The molecule has 0 radical (unpaired) electrons. The minimum Gasteiger partial charge on any atom is -0.466 e. The van der Waals surface area contributed by atoms with Crippen molar-refractivity contribution >= 4 is 11.9 Å². The number of unbranched alkanes of at least 4 members (excludes halogenated alkanes) is 51. The monoisotopic (exact) mass is 1140 g/mol. The molecule has 0 aromatic rings. The molecule has 0 spiro atoms. The van der Waals surface area contributed by atoms with Crippen molar-refractivity contribution in [2.75, 3.05) is 13.2 Å². The quantitative estimate of drug-likeness (QED) is 0.0320. The summed E-state index contributed by atoms with van der Waals surface area (Å²) in [6, 6.07) is -0.626. The van der Waals surface area contributed by atoms with E-state index in [-0.39, 0.29) is 18.5 Å². The Morgan fingerprint density at radius 2 is 0.617 bits per heavy atom. The molecule has 1 amide bonds. The molecule has 0 saturated heterocycles. The van der Waals surface area contributed by atoms with Crippen LogP contribution in [-0.2, 0) is 14.3 Å². The van der Waals surface area contributed by atoms with Gasteiger partial charge in [-0.05, 0) is 89.9 Å². The second-order valence-electron chi connectivity index (χ2n) is 24.9. The summed E-state index contributed by atoms with van der Waals surface area (Å²) in [5.41, 5.74) is 0. The van der Waals surface area contributed by atoms with E-state index in [4.69, 9.17) is 4.74 Å². The average Bonchev–Trinajstić information content (AvgIpc) is 3.47. The molecule has 0 aliphatic carbocycles. The fourth-order valence-corrected chi connectivity index (χ4v) is 11.3. The van der Waals surface area contributed by atoms with E-state index in [2.05, 4.69) is 55.6 Å². The maximum Gasteiger partial charge on any atom is 0.305 e. The predicted octanol–water partition coefficient (Wildman–Crippen LogP) is 23.6. The van der Waals surface area contributed by atoms with Crippen LogP contribution in [0.4, 0.5) is 0 Å². The molecule has 0 bridgehead atoms. The van der Waals surface area contributed by atoms with Gasteiger partial charge in [0.2, 0.25) is 5.91 Å².